The van der Waals surface area contributed by atoms with Crippen LogP contribution in [-0.2, 0) is 26.8 Å². The number of hydrogen-bond donors (Lipinski definition) is 1. The van der Waals surface area contributed by atoms with Crippen molar-refractivity contribution in [1.82, 2.24) is 20.4 Å². The van der Waals surface area contributed by atoms with Gasteiger partial charge in [0.2, 0.25) is 11.8 Å². The van der Waals surface area contributed by atoms with E-state index < -0.39 is 9.84 Å². The van der Waals surface area contributed by atoms with Gasteiger partial charge in [-0.1, -0.05) is 23.4 Å². The number of likely N-dealkylation sites (N-methyl/N-ethyl adjacent to an activating group) is 1. The first kappa shape index (κ1) is 19.1. The minimum Gasteiger partial charge on any atom is -0.355 e. The predicted octanol–water partition coefficient (Wildman–Crippen LogP) is 0.654. The van der Waals surface area contributed by atoms with E-state index in [0.717, 1.165) is 6.54 Å². The Morgan fingerprint density at radius 2 is 1.96 bits per heavy atom. The molecule has 1 aromatic heterocycles. The summed E-state index contributed by atoms with van der Waals surface area (Å²) in [4.78, 5) is 17.9. The molecular formula is C16H22N4O4S. The zero-order valence-corrected chi connectivity index (χ0v) is 15.1. The SMILES string of the molecule is CN(C)CCNC(=O)CCc1nc(CS(=O)(=O)c2ccccc2)no1. The van der Waals surface area contributed by atoms with Crippen molar-refractivity contribution >= 4 is 15.7 Å². The summed E-state index contributed by atoms with van der Waals surface area (Å²) in [5.74, 6) is -0.110. The van der Waals surface area contributed by atoms with E-state index >= 15 is 0 Å². The van der Waals surface area contributed by atoms with E-state index in [2.05, 4.69) is 15.5 Å². The highest BCUT2D eigenvalue weighted by Gasteiger charge is 2.19. The van der Waals surface area contributed by atoms with Crippen molar-refractivity contribution in [3.8, 4) is 0 Å². The Bertz CT molecular complexity index is 787. The van der Waals surface area contributed by atoms with Crippen LogP contribution in [0.2, 0.25) is 0 Å². The second-order valence-corrected chi connectivity index (χ2v) is 7.82. The molecule has 0 aliphatic heterocycles. The van der Waals surface area contributed by atoms with Gasteiger partial charge in [-0.05, 0) is 26.2 Å². The van der Waals surface area contributed by atoms with Crippen LogP contribution in [-0.4, -0.2) is 56.6 Å². The van der Waals surface area contributed by atoms with Crippen LogP contribution in [0, 0.1) is 0 Å². The Balaban J connectivity index is 1.85. The zero-order valence-electron chi connectivity index (χ0n) is 14.3. The summed E-state index contributed by atoms with van der Waals surface area (Å²) in [6.45, 7) is 1.32. The first-order valence-electron chi connectivity index (χ1n) is 7.87. The maximum atomic E-state index is 12.3. The quantitative estimate of drug-likeness (QED) is 0.695. The molecule has 0 aliphatic carbocycles. The summed E-state index contributed by atoms with van der Waals surface area (Å²) in [5.41, 5.74) is 0. The summed E-state index contributed by atoms with van der Waals surface area (Å²) in [7, 11) is 0.332. The molecule has 0 unspecified atom stereocenters. The first-order chi connectivity index (χ1) is 11.9. The van der Waals surface area contributed by atoms with Gasteiger partial charge in [0.05, 0.1) is 4.90 Å². The van der Waals surface area contributed by atoms with Gasteiger partial charge in [-0.15, -0.1) is 0 Å². The monoisotopic (exact) mass is 366 g/mol. The molecule has 1 aromatic carbocycles. The fraction of sp³-hybridized carbons (Fsp3) is 0.438. The zero-order chi connectivity index (χ0) is 18.3. The third-order valence-corrected chi connectivity index (χ3v) is 5.01. The van der Waals surface area contributed by atoms with Crippen LogP contribution in [0.1, 0.15) is 18.1 Å². The average molecular weight is 366 g/mol. The fourth-order valence-corrected chi connectivity index (χ4v) is 3.25. The molecule has 0 atom stereocenters. The van der Waals surface area contributed by atoms with E-state index in [-0.39, 0.29) is 41.1 Å². The molecule has 25 heavy (non-hydrogen) atoms. The number of carbonyl (C=O) groups is 1. The summed E-state index contributed by atoms with van der Waals surface area (Å²) < 4.78 is 29.5. The highest BCUT2D eigenvalue weighted by atomic mass is 32.2. The van der Waals surface area contributed by atoms with Crippen LogP contribution in [0.15, 0.2) is 39.8 Å². The number of benzene rings is 1. The molecule has 0 bridgehead atoms. The van der Waals surface area contributed by atoms with E-state index in [1.54, 1.807) is 18.2 Å². The minimum absolute atomic E-state index is 0.0897. The summed E-state index contributed by atoms with van der Waals surface area (Å²) >= 11 is 0. The largest absolute Gasteiger partial charge is 0.355 e. The maximum Gasteiger partial charge on any atom is 0.227 e. The van der Waals surface area contributed by atoms with Crippen molar-refractivity contribution in [3.63, 3.8) is 0 Å². The number of aromatic nitrogens is 2. The number of nitrogens with zero attached hydrogens (tertiary/aromatic N) is 3. The van der Waals surface area contributed by atoms with E-state index in [0.29, 0.717) is 6.54 Å². The predicted molar refractivity (Wildman–Crippen MR) is 91.5 cm³/mol. The van der Waals surface area contributed by atoms with Crippen molar-refractivity contribution in [2.24, 2.45) is 0 Å². The normalized spacial score (nSPS) is 11.6. The third-order valence-electron chi connectivity index (χ3n) is 3.38. The summed E-state index contributed by atoms with van der Waals surface area (Å²) in [6, 6.07) is 8.10. The number of amides is 1. The summed E-state index contributed by atoms with van der Waals surface area (Å²) in [6.07, 6.45) is 0.479. The summed E-state index contributed by atoms with van der Waals surface area (Å²) in [5, 5.41) is 6.47. The standard InChI is InChI=1S/C16H22N4O4S/c1-20(2)11-10-17-15(21)8-9-16-18-14(19-24-16)12-25(22,23)13-6-4-3-5-7-13/h3-7H,8-12H2,1-2H3,(H,17,21). The van der Waals surface area contributed by atoms with Crippen molar-refractivity contribution in [3.05, 3.63) is 42.0 Å². The lowest BCUT2D eigenvalue weighted by Gasteiger charge is -2.09. The molecular weight excluding hydrogens is 344 g/mol. The molecule has 0 fully saturated rings. The van der Waals surface area contributed by atoms with Gasteiger partial charge in [0.15, 0.2) is 15.7 Å². The topological polar surface area (TPSA) is 105 Å². The van der Waals surface area contributed by atoms with Crippen LogP contribution < -0.4 is 5.32 Å². The van der Waals surface area contributed by atoms with Gasteiger partial charge in [0.1, 0.15) is 5.75 Å². The highest BCUT2D eigenvalue weighted by Crippen LogP contribution is 2.14. The Hall–Kier alpha value is -2.26. The lowest BCUT2D eigenvalue weighted by molar-refractivity contribution is -0.121. The molecule has 0 aliphatic rings. The molecule has 8 nitrogen and oxygen atoms in total. The number of aryl methyl sites for hydroxylation is 1. The van der Waals surface area contributed by atoms with Gasteiger partial charge in [-0.3, -0.25) is 4.79 Å². The third kappa shape index (κ3) is 6.28. The smallest absolute Gasteiger partial charge is 0.227 e. The molecule has 136 valence electrons. The molecule has 1 N–H and O–H groups in total. The van der Waals surface area contributed by atoms with Gasteiger partial charge in [0.25, 0.3) is 0 Å². The number of nitrogens with one attached hydrogen (secondary N) is 1. The van der Waals surface area contributed by atoms with E-state index in [9.17, 15) is 13.2 Å². The Morgan fingerprint density at radius 3 is 2.64 bits per heavy atom. The van der Waals surface area contributed by atoms with E-state index in [1.807, 2.05) is 19.0 Å². The highest BCUT2D eigenvalue weighted by molar-refractivity contribution is 7.90. The number of carbonyl (C=O) groups excluding carboxylic acids is 1. The number of rotatable bonds is 9. The van der Waals surface area contributed by atoms with Crippen molar-refractivity contribution < 1.29 is 17.7 Å². The molecule has 2 rings (SSSR count). The average Bonchev–Trinajstić information content (AvgIpc) is 3.00. The fourth-order valence-electron chi connectivity index (χ4n) is 2.06. The van der Waals surface area contributed by atoms with E-state index in [4.69, 9.17) is 4.52 Å². The minimum atomic E-state index is -3.52. The maximum absolute atomic E-state index is 12.3. The second-order valence-electron chi connectivity index (χ2n) is 5.83. The van der Waals surface area contributed by atoms with Crippen molar-refractivity contribution in [2.75, 3.05) is 27.2 Å². The second kappa shape index (κ2) is 8.72. The Labute approximate surface area is 147 Å². The number of hydrogen-bond acceptors (Lipinski definition) is 7. The van der Waals surface area contributed by atoms with E-state index in [1.165, 1.54) is 12.1 Å². The van der Waals surface area contributed by atoms with Crippen LogP contribution in [0.25, 0.3) is 0 Å². The van der Waals surface area contributed by atoms with Crippen molar-refractivity contribution in [2.45, 2.75) is 23.5 Å². The van der Waals surface area contributed by atoms with Crippen LogP contribution in [0.3, 0.4) is 0 Å². The van der Waals surface area contributed by atoms with Crippen LogP contribution >= 0.6 is 0 Å². The lowest BCUT2D eigenvalue weighted by atomic mass is 10.3. The van der Waals surface area contributed by atoms with Crippen molar-refractivity contribution in [1.29, 1.82) is 0 Å². The molecule has 9 heteroatoms. The van der Waals surface area contributed by atoms with Crippen LogP contribution in [0.4, 0.5) is 0 Å². The van der Waals surface area contributed by atoms with Gasteiger partial charge >= 0.3 is 0 Å². The molecule has 2 aromatic rings. The van der Waals surface area contributed by atoms with Gasteiger partial charge in [-0.2, -0.15) is 4.98 Å². The van der Waals surface area contributed by atoms with Gasteiger partial charge in [-0.25, -0.2) is 8.42 Å². The Kier molecular flexibility index (Phi) is 6.65. The molecule has 1 amide bonds. The van der Waals surface area contributed by atoms with Crippen LogP contribution in [0.5, 0.6) is 0 Å². The molecule has 0 saturated carbocycles. The molecule has 0 spiro atoms. The van der Waals surface area contributed by atoms with Gasteiger partial charge < -0.3 is 14.7 Å². The molecule has 0 saturated heterocycles. The van der Waals surface area contributed by atoms with Gasteiger partial charge in [0, 0.05) is 25.9 Å². The molecule has 0 radical (unpaired) electrons. The Morgan fingerprint density at radius 1 is 1.24 bits per heavy atom. The lowest BCUT2D eigenvalue weighted by Crippen LogP contribution is -2.31. The number of sulfone groups is 1. The molecule has 1 heterocycles. The first-order valence-corrected chi connectivity index (χ1v) is 9.53.